The van der Waals surface area contributed by atoms with Crippen LogP contribution in [0.25, 0.3) is 0 Å². The minimum absolute atomic E-state index is 0.205. The van der Waals surface area contributed by atoms with Gasteiger partial charge in [-0.05, 0) is 51.4 Å². The Balaban J connectivity index is 1.98. The molecule has 4 nitrogen and oxygen atoms in total. The molecule has 2 rings (SSSR count). The number of aliphatic hydroxyl groups is 1. The molecule has 0 aromatic heterocycles. The normalized spacial score (nSPS) is 30.3. The van der Waals surface area contributed by atoms with E-state index in [9.17, 15) is 9.90 Å². The summed E-state index contributed by atoms with van der Waals surface area (Å²) in [7, 11) is 0. The van der Waals surface area contributed by atoms with E-state index < -0.39 is 0 Å². The average molecular weight is 268 g/mol. The summed E-state index contributed by atoms with van der Waals surface area (Å²) < 4.78 is 0. The number of carbonyl (C=O) groups excluding carboxylic acids is 1. The zero-order chi connectivity index (χ0) is 13.8. The first-order valence-corrected chi connectivity index (χ1v) is 7.81. The Kier molecular flexibility index (Phi) is 5.08. The van der Waals surface area contributed by atoms with E-state index in [1.165, 1.54) is 12.8 Å². The summed E-state index contributed by atoms with van der Waals surface area (Å²) in [4.78, 5) is 16.7. The minimum Gasteiger partial charge on any atom is -0.393 e. The molecule has 3 unspecified atom stereocenters. The molecule has 2 heterocycles. The third-order valence-corrected chi connectivity index (χ3v) is 4.41. The van der Waals surface area contributed by atoms with Crippen LogP contribution in [0.1, 0.15) is 52.4 Å². The number of aliphatic hydroxyl groups excluding tert-OH is 1. The lowest BCUT2D eigenvalue weighted by atomic mass is 9.97. The Labute approximate surface area is 116 Å². The van der Waals surface area contributed by atoms with Gasteiger partial charge in [0.15, 0.2) is 0 Å². The second kappa shape index (κ2) is 6.60. The summed E-state index contributed by atoms with van der Waals surface area (Å²) in [5.74, 6) is 0.623. The zero-order valence-corrected chi connectivity index (χ0v) is 12.3. The average Bonchev–Trinajstić information content (AvgIpc) is 2.38. The van der Waals surface area contributed by atoms with Crippen molar-refractivity contribution in [2.24, 2.45) is 5.92 Å². The maximum atomic E-state index is 12.7. The van der Waals surface area contributed by atoms with E-state index >= 15 is 0 Å². The van der Waals surface area contributed by atoms with Crippen molar-refractivity contribution in [2.45, 2.75) is 64.5 Å². The molecule has 1 N–H and O–H groups in total. The summed E-state index contributed by atoms with van der Waals surface area (Å²) in [5, 5.41) is 9.61. The number of nitrogens with zero attached hydrogens (tertiary/aromatic N) is 2. The summed E-state index contributed by atoms with van der Waals surface area (Å²) in [6, 6.07) is 0.440. The lowest BCUT2D eigenvalue weighted by Crippen LogP contribution is -2.53. The second-order valence-corrected chi connectivity index (χ2v) is 6.40. The van der Waals surface area contributed by atoms with Crippen LogP contribution in [0.15, 0.2) is 0 Å². The third kappa shape index (κ3) is 3.85. The van der Waals surface area contributed by atoms with Crippen molar-refractivity contribution < 1.29 is 9.90 Å². The number of rotatable bonds is 2. The number of carbonyl (C=O) groups is 1. The van der Waals surface area contributed by atoms with Gasteiger partial charge in [-0.1, -0.05) is 6.92 Å². The summed E-state index contributed by atoms with van der Waals surface area (Å²) >= 11 is 0. The Morgan fingerprint density at radius 2 is 2.05 bits per heavy atom. The molecule has 2 amide bonds. The molecular weight excluding hydrogens is 240 g/mol. The van der Waals surface area contributed by atoms with Gasteiger partial charge in [-0.2, -0.15) is 0 Å². The smallest absolute Gasteiger partial charge is 0.320 e. The Morgan fingerprint density at radius 1 is 1.26 bits per heavy atom. The fraction of sp³-hybridized carbons (Fsp3) is 0.933. The Bertz CT molecular complexity index is 307. The Morgan fingerprint density at radius 3 is 2.74 bits per heavy atom. The first kappa shape index (κ1) is 14.6. The van der Waals surface area contributed by atoms with E-state index in [0.717, 1.165) is 45.3 Å². The Hall–Kier alpha value is -0.770. The first-order chi connectivity index (χ1) is 9.08. The number of amides is 2. The van der Waals surface area contributed by atoms with E-state index in [-0.39, 0.29) is 18.2 Å². The number of piperidine rings is 2. The van der Waals surface area contributed by atoms with Crippen LogP contribution in [-0.2, 0) is 0 Å². The van der Waals surface area contributed by atoms with Crippen molar-refractivity contribution in [2.75, 3.05) is 19.6 Å². The molecule has 2 saturated heterocycles. The van der Waals surface area contributed by atoms with Crippen LogP contribution in [-0.4, -0.2) is 52.7 Å². The second-order valence-electron chi connectivity index (χ2n) is 6.40. The maximum Gasteiger partial charge on any atom is 0.320 e. The van der Waals surface area contributed by atoms with Crippen molar-refractivity contribution in [3.05, 3.63) is 0 Å². The highest BCUT2D eigenvalue weighted by Gasteiger charge is 2.32. The molecule has 2 fully saturated rings. The molecule has 0 saturated carbocycles. The molecule has 0 aromatic carbocycles. The fourth-order valence-electron chi connectivity index (χ4n) is 3.44. The number of hydrogen-bond donors (Lipinski definition) is 1. The molecule has 4 heteroatoms. The van der Waals surface area contributed by atoms with Crippen LogP contribution in [0.2, 0.25) is 0 Å². The van der Waals surface area contributed by atoms with Crippen LogP contribution in [0.3, 0.4) is 0 Å². The largest absolute Gasteiger partial charge is 0.393 e. The van der Waals surface area contributed by atoms with E-state index in [0.29, 0.717) is 5.92 Å². The van der Waals surface area contributed by atoms with Gasteiger partial charge in [0.25, 0.3) is 0 Å². The van der Waals surface area contributed by atoms with Crippen molar-refractivity contribution >= 4 is 6.03 Å². The van der Waals surface area contributed by atoms with Crippen molar-refractivity contribution in [1.29, 1.82) is 0 Å². The molecule has 2 aliphatic rings. The molecule has 0 spiro atoms. The number of urea groups is 1. The van der Waals surface area contributed by atoms with Gasteiger partial charge in [-0.15, -0.1) is 0 Å². The van der Waals surface area contributed by atoms with Crippen LogP contribution >= 0.6 is 0 Å². The lowest BCUT2D eigenvalue weighted by molar-refractivity contribution is 0.0756. The molecule has 110 valence electrons. The van der Waals surface area contributed by atoms with Crippen LogP contribution < -0.4 is 0 Å². The monoisotopic (exact) mass is 268 g/mol. The van der Waals surface area contributed by atoms with Gasteiger partial charge in [-0.3, -0.25) is 0 Å². The predicted molar refractivity (Wildman–Crippen MR) is 76.0 cm³/mol. The quantitative estimate of drug-likeness (QED) is 0.836. The van der Waals surface area contributed by atoms with Gasteiger partial charge in [0.2, 0.25) is 0 Å². The van der Waals surface area contributed by atoms with Crippen molar-refractivity contribution in [3.63, 3.8) is 0 Å². The van der Waals surface area contributed by atoms with E-state index in [1.54, 1.807) is 0 Å². The summed E-state index contributed by atoms with van der Waals surface area (Å²) in [6.07, 6.45) is 6.08. The molecule has 0 radical (unpaired) electrons. The molecule has 0 aromatic rings. The van der Waals surface area contributed by atoms with E-state index in [2.05, 4.69) is 6.92 Å². The molecule has 2 aliphatic heterocycles. The van der Waals surface area contributed by atoms with E-state index in [1.807, 2.05) is 16.7 Å². The van der Waals surface area contributed by atoms with Gasteiger partial charge < -0.3 is 14.9 Å². The molecule has 3 atom stereocenters. The topological polar surface area (TPSA) is 43.8 Å². The summed E-state index contributed by atoms with van der Waals surface area (Å²) in [6.45, 7) is 6.71. The van der Waals surface area contributed by atoms with Crippen molar-refractivity contribution in [3.8, 4) is 0 Å². The fourth-order valence-corrected chi connectivity index (χ4v) is 3.44. The standard InChI is InChI=1S/C15H28N2O2/c1-12-6-5-8-16(11-12)15(19)17-9-4-3-7-14(17)10-13(2)18/h12-14,18H,3-11H2,1-2H3. The van der Waals surface area contributed by atoms with E-state index in [4.69, 9.17) is 0 Å². The molecule has 0 aliphatic carbocycles. The molecular formula is C15H28N2O2. The van der Waals surface area contributed by atoms with Crippen LogP contribution in [0.5, 0.6) is 0 Å². The van der Waals surface area contributed by atoms with Gasteiger partial charge >= 0.3 is 6.03 Å². The van der Waals surface area contributed by atoms with Gasteiger partial charge in [0.1, 0.15) is 0 Å². The predicted octanol–water partition coefficient (Wildman–Crippen LogP) is 2.46. The van der Waals surface area contributed by atoms with Gasteiger partial charge in [-0.25, -0.2) is 4.79 Å². The van der Waals surface area contributed by atoms with Crippen LogP contribution in [0, 0.1) is 5.92 Å². The highest BCUT2D eigenvalue weighted by atomic mass is 16.3. The SMILES string of the molecule is CC(O)CC1CCCCN1C(=O)N1CCCC(C)C1. The van der Waals surface area contributed by atoms with Crippen LogP contribution in [0.4, 0.5) is 4.79 Å². The maximum absolute atomic E-state index is 12.7. The van der Waals surface area contributed by atoms with Gasteiger partial charge in [0, 0.05) is 25.7 Å². The zero-order valence-electron chi connectivity index (χ0n) is 12.3. The number of hydrogen-bond acceptors (Lipinski definition) is 2. The molecule has 19 heavy (non-hydrogen) atoms. The van der Waals surface area contributed by atoms with Gasteiger partial charge in [0.05, 0.1) is 6.10 Å². The highest BCUT2D eigenvalue weighted by Crippen LogP contribution is 2.24. The third-order valence-electron chi connectivity index (χ3n) is 4.41. The van der Waals surface area contributed by atoms with Crippen molar-refractivity contribution in [1.82, 2.24) is 9.80 Å². The minimum atomic E-state index is -0.321. The first-order valence-electron chi connectivity index (χ1n) is 7.81. The lowest BCUT2D eigenvalue weighted by Gasteiger charge is -2.41. The highest BCUT2D eigenvalue weighted by molar-refractivity contribution is 5.75. The molecule has 0 bridgehead atoms. The summed E-state index contributed by atoms with van der Waals surface area (Å²) in [5.41, 5.74) is 0. The number of likely N-dealkylation sites (tertiary alicyclic amines) is 2.